The van der Waals surface area contributed by atoms with Crippen LogP contribution in [0, 0.1) is 10.1 Å². The fraction of sp³-hybridized carbons (Fsp3) is 0.0667. The van der Waals surface area contributed by atoms with Crippen molar-refractivity contribution in [1.82, 2.24) is 0 Å². The topological polar surface area (TPSA) is 125 Å². The molecule has 0 bridgehead atoms. The quantitative estimate of drug-likeness (QED) is 0.611. The van der Waals surface area contributed by atoms with Gasteiger partial charge in [-0.15, -0.1) is 0 Å². The highest BCUT2D eigenvalue weighted by Gasteiger charge is 2.12. The van der Waals surface area contributed by atoms with E-state index >= 15 is 0 Å². The number of hydrogen-bond acceptors (Lipinski definition) is 5. The fourth-order valence-corrected chi connectivity index (χ4v) is 2.00. The Kier molecular flexibility index (Phi) is 5.33. The Morgan fingerprint density at radius 3 is 2.46 bits per heavy atom. The average Bonchev–Trinajstić information content (AvgIpc) is 2.54. The minimum Gasteiger partial charge on any atom is -0.483 e. The maximum atomic E-state index is 11.8. The Balaban J connectivity index is 1.98. The molecule has 0 spiro atoms. The van der Waals surface area contributed by atoms with Crippen LogP contribution in [0.2, 0.25) is 5.02 Å². The van der Waals surface area contributed by atoms with Crippen LogP contribution in [0.5, 0.6) is 5.75 Å². The molecule has 0 saturated carbocycles. The summed E-state index contributed by atoms with van der Waals surface area (Å²) >= 11 is 5.78. The summed E-state index contributed by atoms with van der Waals surface area (Å²) in [7, 11) is 0. The molecule has 9 heteroatoms. The number of carbonyl (C=O) groups excluding carboxylic acids is 2. The molecule has 124 valence electrons. The number of primary amides is 1. The van der Waals surface area contributed by atoms with Crippen LogP contribution in [0.4, 0.5) is 11.4 Å². The summed E-state index contributed by atoms with van der Waals surface area (Å²) in [5.41, 5.74) is 5.57. The predicted octanol–water partition coefficient (Wildman–Crippen LogP) is 2.36. The number of rotatable bonds is 6. The van der Waals surface area contributed by atoms with Crippen molar-refractivity contribution >= 4 is 34.8 Å². The van der Waals surface area contributed by atoms with Crippen molar-refractivity contribution < 1.29 is 19.2 Å². The third kappa shape index (κ3) is 4.43. The molecule has 2 amide bonds. The van der Waals surface area contributed by atoms with E-state index in [1.54, 1.807) is 0 Å². The molecule has 2 rings (SSSR count). The monoisotopic (exact) mass is 349 g/mol. The number of hydrogen-bond donors (Lipinski definition) is 2. The van der Waals surface area contributed by atoms with Gasteiger partial charge in [0.1, 0.15) is 5.75 Å². The smallest absolute Gasteiger partial charge is 0.269 e. The molecule has 0 aromatic heterocycles. The van der Waals surface area contributed by atoms with Crippen molar-refractivity contribution in [1.29, 1.82) is 0 Å². The molecule has 0 atom stereocenters. The first-order valence-corrected chi connectivity index (χ1v) is 7.01. The fourth-order valence-electron chi connectivity index (χ4n) is 1.83. The number of nitrogens with two attached hydrogens (primary N) is 1. The minimum atomic E-state index is -0.733. The summed E-state index contributed by atoms with van der Waals surface area (Å²) in [6.07, 6.45) is 0. The number of ether oxygens (including phenoxy) is 1. The first-order chi connectivity index (χ1) is 11.4. The lowest BCUT2D eigenvalue weighted by atomic mass is 10.2. The van der Waals surface area contributed by atoms with Crippen LogP contribution < -0.4 is 15.8 Å². The van der Waals surface area contributed by atoms with Gasteiger partial charge in [-0.2, -0.15) is 0 Å². The van der Waals surface area contributed by atoms with Crippen LogP contribution >= 0.6 is 11.6 Å². The number of halogens is 1. The molecule has 0 aliphatic heterocycles. The van der Waals surface area contributed by atoms with E-state index in [1.807, 2.05) is 0 Å². The standard InChI is InChI=1S/C15H12ClN3O5/c16-9-1-6-13(12(7-9)15(17)21)24-8-14(20)18-10-2-4-11(5-3-10)19(22)23/h1-7H,8H2,(H2,17,21)(H,18,20). The van der Waals surface area contributed by atoms with Crippen LogP contribution in [0.1, 0.15) is 10.4 Å². The van der Waals surface area contributed by atoms with E-state index in [4.69, 9.17) is 22.1 Å². The van der Waals surface area contributed by atoms with Crippen LogP contribution in [0.3, 0.4) is 0 Å². The summed E-state index contributed by atoms with van der Waals surface area (Å²) in [5, 5.41) is 13.4. The largest absolute Gasteiger partial charge is 0.483 e. The van der Waals surface area contributed by atoms with Gasteiger partial charge in [0.2, 0.25) is 0 Å². The molecule has 8 nitrogen and oxygen atoms in total. The number of nitrogens with one attached hydrogen (secondary N) is 1. The second-order valence-electron chi connectivity index (χ2n) is 4.65. The van der Waals surface area contributed by atoms with Gasteiger partial charge in [-0.1, -0.05) is 11.6 Å². The van der Waals surface area contributed by atoms with E-state index in [9.17, 15) is 19.7 Å². The normalized spacial score (nSPS) is 10.0. The van der Waals surface area contributed by atoms with Crippen LogP contribution in [-0.2, 0) is 4.79 Å². The second kappa shape index (κ2) is 7.42. The van der Waals surface area contributed by atoms with Crippen LogP contribution in [0.25, 0.3) is 0 Å². The van der Waals surface area contributed by atoms with Crippen molar-refractivity contribution in [2.24, 2.45) is 5.73 Å². The summed E-state index contributed by atoms with van der Waals surface area (Å²) in [6.45, 7) is -0.376. The molecular formula is C15H12ClN3O5. The number of carbonyl (C=O) groups is 2. The maximum Gasteiger partial charge on any atom is 0.269 e. The molecule has 3 N–H and O–H groups in total. The first kappa shape index (κ1) is 17.2. The molecule has 0 aliphatic carbocycles. The highest BCUT2D eigenvalue weighted by atomic mass is 35.5. The number of nitrogens with zero attached hydrogens (tertiary/aromatic N) is 1. The Morgan fingerprint density at radius 2 is 1.88 bits per heavy atom. The Hall–Kier alpha value is -3.13. The van der Waals surface area contributed by atoms with Crippen molar-refractivity contribution in [3.05, 3.63) is 63.2 Å². The molecule has 2 aromatic carbocycles. The summed E-state index contributed by atoms with van der Waals surface area (Å²) < 4.78 is 5.27. The molecule has 0 fully saturated rings. The van der Waals surface area contributed by atoms with Gasteiger partial charge in [-0.05, 0) is 30.3 Å². The summed E-state index contributed by atoms with van der Waals surface area (Å²) in [5.74, 6) is -1.11. The van der Waals surface area contributed by atoms with E-state index in [2.05, 4.69) is 5.32 Å². The van der Waals surface area contributed by atoms with Gasteiger partial charge in [-0.3, -0.25) is 19.7 Å². The van der Waals surface area contributed by atoms with Gasteiger partial charge >= 0.3 is 0 Å². The molecule has 0 unspecified atom stereocenters. The lowest BCUT2D eigenvalue weighted by Gasteiger charge is -2.10. The Bertz CT molecular complexity index is 792. The van der Waals surface area contributed by atoms with Gasteiger partial charge in [0.15, 0.2) is 6.61 Å². The highest BCUT2D eigenvalue weighted by Crippen LogP contribution is 2.22. The number of amides is 2. The maximum absolute atomic E-state index is 11.8. The molecular weight excluding hydrogens is 338 g/mol. The molecule has 0 heterocycles. The molecule has 0 radical (unpaired) electrons. The highest BCUT2D eigenvalue weighted by molar-refractivity contribution is 6.31. The second-order valence-corrected chi connectivity index (χ2v) is 5.08. The van der Waals surface area contributed by atoms with Gasteiger partial charge in [-0.25, -0.2) is 0 Å². The van der Waals surface area contributed by atoms with Crippen molar-refractivity contribution in [3.63, 3.8) is 0 Å². The zero-order valence-electron chi connectivity index (χ0n) is 12.2. The summed E-state index contributed by atoms with van der Waals surface area (Å²) in [6, 6.07) is 9.59. The number of non-ortho nitro benzene ring substituents is 1. The summed E-state index contributed by atoms with van der Waals surface area (Å²) in [4.78, 5) is 33.2. The van der Waals surface area contributed by atoms with Crippen molar-refractivity contribution in [2.75, 3.05) is 11.9 Å². The molecule has 0 saturated heterocycles. The zero-order valence-corrected chi connectivity index (χ0v) is 12.9. The third-order valence-corrected chi connectivity index (χ3v) is 3.16. The Morgan fingerprint density at radius 1 is 1.21 bits per heavy atom. The number of nitro benzene ring substituents is 1. The number of nitro groups is 1. The number of benzene rings is 2. The lowest BCUT2D eigenvalue weighted by molar-refractivity contribution is -0.384. The molecule has 24 heavy (non-hydrogen) atoms. The van der Waals surface area contributed by atoms with E-state index in [0.29, 0.717) is 10.7 Å². The molecule has 2 aromatic rings. The van der Waals surface area contributed by atoms with E-state index in [-0.39, 0.29) is 23.6 Å². The van der Waals surface area contributed by atoms with Gasteiger partial charge < -0.3 is 15.8 Å². The van der Waals surface area contributed by atoms with Gasteiger partial charge in [0.05, 0.1) is 10.5 Å². The van der Waals surface area contributed by atoms with Crippen molar-refractivity contribution in [3.8, 4) is 5.75 Å². The van der Waals surface area contributed by atoms with E-state index in [0.717, 1.165) is 0 Å². The van der Waals surface area contributed by atoms with Crippen LogP contribution in [0.15, 0.2) is 42.5 Å². The zero-order chi connectivity index (χ0) is 17.7. The van der Waals surface area contributed by atoms with E-state index in [1.165, 1.54) is 42.5 Å². The van der Waals surface area contributed by atoms with Crippen molar-refractivity contribution in [2.45, 2.75) is 0 Å². The minimum absolute atomic E-state index is 0.0608. The number of anilines is 1. The van der Waals surface area contributed by atoms with E-state index < -0.39 is 16.7 Å². The first-order valence-electron chi connectivity index (χ1n) is 6.63. The predicted molar refractivity (Wildman–Crippen MR) is 87.2 cm³/mol. The Labute approximate surface area is 141 Å². The van der Waals surface area contributed by atoms with Crippen LogP contribution in [-0.4, -0.2) is 23.3 Å². The average molecular weight is 350 g/mol. The lowest BCUT2D eigenvalue weighted by Crippen LogP contribution is -2.21. The molecule has 0 aliphatic rings. The van der Waals surface area contributed by atoms with Gasteiger partial charge in [0.25, 0.3) is 17.5 Å². The third-order valence-electron chi connectivity index (χ3n) is 2.93. The van der Waals surface area contributed by atoms with Gasteiger partial charge in [0, 0.05) is 22.8 Å². The SMILES string of the molecule is NC(=O)c1cc(Cl)ccc1OCC(=O)Nc1ccc([N+](=O)[O-])cc1.